The fraction of sp³-hybridized carbons (Fsp3) is 0.233. The Morgan fingerprint density at radius 2 is 1.91 bits per heavy atom. The van der Waals surface area contributed by atoms with E-state index >= 15 is 0 Å². The van der Waals surface area contributed by atoms with Crippen LogP contribution in [0.3, 0.4) is 0 Å². The summed E-state index contributed by atoms with van der Waals surface area (Å²) in [4.78, 5) is 20.7. The molecule has 0 unspecified atom stereocenters. The van der Waals surface area contributed by atoms with E-state index in [9.17, 15) is 26.4 Å². The fourth-order valence-electron chi connectivity index (χ4n) is 4.96. The first-order valence-corrected chi connectivity index (χ1v) is 15.4. The minimum atomic E-state index is -3.75. The maximum Gasteiger partial charge on any atom is 0.232 e. The predicted octanol–water partition coefficient (Wildman–Crippen LogP) is 5.92. The fourth-order valence-corrected chi connectivity index (χ4v) is 6.06. The van der Waals surface area contributed by atoms with Gasteiger partial charge in [-0.2, -0.15) is 5.10 Å². The van der Waals surface area contributed by atoms with Gasteiger partial charge in [0.15, 0.2) is 11.6 Å². The lowest BCUT2D eigenvalue weighted by Crippen LogP contribution is -2.18. The van der Waals surface area contributed by atoms with Crippen LogP contribution >= 0.6 is 0 Å². The molecule has 0 spiro atoms. The number of nitrogens with two attached hydrogens (primary N) is 1. The maximum atomic E-state index is 14.0. The summed E-state index contributed by atoms with van der Waals surface area (Å²) >= 11 is 0. The molecule has 10 nitrogen and oxygen atoms in total. The zero-order valence-corrected chi connectivity index (χ0v) is 24.2. The number of anilines is 2. The van der Waals surface area contributed by atoms with Gasteiger partial charge in [0.2, 0.25) is 27.4 Å². The first-order valence-electron chi connectivity index (χ1n) is 13.7. The van der Waals surface area contributed by atoms with E-state index in [1.54, 1.807) is 19.1 Å². The van der Waals surface area contributed by atoms with Crippen molar-refractivity contribution >= 4 is 38.2 Å². The van der Waals surface area contributed by atoms with E-state index in [1.165, 1.54) is 29.2 Å². The van der Waals surface area contributed by atoms with Crippen molar-refractivity contribution in [3.63, 3.8) is 0 Å². The van der Waals surface area contributed by atoms with Crippen molar-refractivity contribution in [2.75, 3.05) is 22.9 Å². The van der Waals surface area contributed by atoms with Crippen LogP contribution in [0, 0.1) is 18.6 Å². The van der Waals surface area contributed by atoms with Crippen molar-refractivity contribution in [1.82, 2.24) is 19.7 Å². The van der Waals surface area contributed by atoms with E-state index in [1.807, 2.05) is 6.07 Å². The van der Waals surface area contributed by atoms with E-state index in [4.69, 9.17) is 10.5 Å². The molecule has 3 heterocycles. The molecule has 1 fully saturated rings. The highest BCUT2D eigenvalue weighted by Gasteiger charge is 2.29. The summed E-state index contributed by atoms with van der Waals surface area (Å²) in [6.07, 6.45) is 4.41. The number of para-hydroxylation sites is 1. The summed E-state index contributed by atoms with van der Waals surface area (Å²) in [7, 11) is -3.75. The third-order valence-corrected chi connectivity index (χ3v) is 8.68. The number of nitrogens with zero attached hydrogens (tertiary/aromatic N) is 3. The number of ketones is 1. The number of aromatic nitrogens is 4. The Morgan fingerprint density at radius 1 is 1.16 bits per heavy atom. The Kier molecular flexibility index (Phi) is 7.53. The average molecular weight is 625 g/mol. The third kappa shape index (κ3) is 5.72. The molecule has 0 aliphatic heterocycles. The van der Waals surface area contributed by atoms with E-state index in [0.29, 0.717) is 22.5 Å². The van der Waals surface area contributed by atoms with Crippen LogP contribution in [-0.2, 0) is 10.0 Å². The molecule has 1 aliphatic carbocycles. The second-order valence-electron chi connectivity index (χ2n) is 10.6. The third-order valence-electron chi connectivity index (χ3n) is 7.33. The van der Waals surface area contributed by atoms with E-state index in [2.05, 4.69) is 19.8 Å². The number of H-pyrrole nitrogens is 1. The van der Waals surface area contributed by atoms with Gasteiger partial charge >= 0.3 is 0 Å². The van der Waals surface area contributed by atoms with Crippen LogP contribution in [0.5, 0.6) is 11.6 Å². The number of hydrogen-bond acceptors (Lipinski definition) is 7. The SMILES string of the molecule is Cc1cc(Oc2c(F)cccc2F)ncc1-n1ncc(C(=O)c2cc3cc(C4CC4)c(NS(=O)(=O)CCCF)cc3[nH]2)c1N. The molecular formula is C30H27F3N6O4S. The lowest BCUT2D eigenvalue weighted by atomic mass is 10.1. The second kappa shape index (κ2) is 11.3. The number of pyridine rings is 1. The number of nitrogen functional groups attached to an aromatic ring is 1. The molecule has 3 aromatic heterocycles. The van der Waals surface area contributed by atoms with Crippen molar-refractivity contribution in [3.8, 4) is 17.3 Å². The van der Waals surface area contributed by atoms with Crippen molar-refractivity contribution < 1.29 is 31.1 Å². The Hall–Kier alpha value is -4.85. The number of carbonyl (C=O) groups is 1. The summed E-state index contributed by atoms with van der Waals surface area (Å²) in [6.45, 7) is 0.965. The maximum absolute atomic E-state index is 14.0. The van der Waals surface area contributed by atoms with E-state index < -0.39 is 39.9 Å². The van der Waals surface area contributed by atoms with Gasteiger partial charge in [-0.1, -0.05) is 6.07 Å². The van der Waals surface area contributed by atoms with Gasteiger partial charge in [0.05, 0.1) is 47.5 Å². The van der Waals surface area contributed by atoms with Gasteiger partial charge < -0.3 is 15.5 Å². The van der Waals surface area contributed by atoms with Crippen molar-refractivity contribution in [2.24, 2.45) is 0 Å². The molecular weight excluding hydrogens is 597 g/mol. The molecule has 2 aromatic carbocycles. The number of fused-ring (bicyclic) bond motifs is 1. The molecule has 0 bridgehead atoms. The standard InChI is InChI=1S/C30H27F3N6O4S/c1-16-10-27(43-29-21(32)4-2-5-22(29)33)35-15-26(16)39-30(34)20(14-36-39)28(40)25-12-18-11-19(17-6-7-17)24(13-23(18)37-25)38-44(41,42)9-3-8-31/h2,4-5,10-15,17,37-38H,3,6-9,34H2,1H3. The van der Waals surface area contributed by atoms with Gasteiger partial charge in [-0.3, -0.25) is 13.9 Å². The number of alkyl halides is 1. The number of sulfonamides is 1. The largest absolute Gasteiger partial charge is 0.433 e. The number of aryl methyl sites for hydroxylation is 1. The minimum Gasteiger partial charge on any atom is -0.433 e. The number of rotatable bonds is 11. The highest BCUT2D eigenvalue weighted by atomic mass is 32.2. The van der Waals surface area contributed by atoms with Gasteiger partial charge in [0.1, 0.15) is 5.82 Å². The van der Waals surface area contributed by atoms with Crippen LogP contribution in [0.25, 0.3) is 16.6 Å². The quantitative estimate of drug-likeness (QED) is 0.155. The first kappa shape index (κ1) is 29.2. The monoisotopic (exact) mass is 624 g/mol. The number of ether oxygens (including phenoxy) is 1. The summed E-state index contributed by atoms with van der Waals surface area (Å²) in [5.41, 5.74) is 9.41. The molecule has 14 heteroatoms. The van der Waals surface area contributed by atoms with Crippen molar-refractivity contribution in [3.05, 3.63) is 88.9 Å². The number of hydrogen-bond donors (Lipinski definition) is 3. The number of carbonyl (C=O) groups excluding carboxylic acids is 1. The second-order valence-corrected chi connectivity index (χ2v) is 12.4. The summed E-state index contributed by atoms with van der Waals surface area (Å²) in [5, 5.41) is 4.98. The van der Waals surface area contributed by atoms with Gasteiger partial charge in [-0.15, -0.1) is 0 Å². The van der Waals surface area contributed by atoms with Crippen LogP contribution in [0.15, 0.2) is 54.9 Å². The number of halogens is 3. The van der Waals surface area contributed by atoms with Crippen LogP contribution < -0.4 is 15.2 Å². The predicted molar refractivity (Wildman–Crippen MR) is 159 cm³/mol. The molecule has 1 saturated carbocycles. The van der Waals surface area contributed by atoms with Crippen LogP contribution in [0.2, 0.25) is 0 Å². The normalized spacial score (nSPS) is 13.4. The highest BCUT2D eigenvalue weighted by Crippen LogP contribution is 2.45. The molecule has 0 atom stereocenters. The lowest BCUT2D eigenvalue weighted by molar-refractivity contribution is 0.103. The number of aromatic amines is 1. The Morgan fingerprint density at radius 3 is 2.59 bits per heavy atom. The van der Waals surface area contributed by atoms with Gasteiger partial charge in [0.25, 0.3) is 0 Å². The molecule has 228 valence electrons. The Balaban J connectivity index is 1.27. The van der Waals surface area contributed by atoms with E-state index in [-0.39, 0.29) is 41.0 Å². The molecule has 6 rings (SSSR count). The topological polar surface area (TPSA) is 145 Å². The summed E-state index contributed by atoms with van der Waals surface area (Å²) in [6, 6.07) is 9.99. The number of benzene rings is 2. The average Bonchev–Trinajstić information content (AvgIpc) is 3.63. The Labute approximate surface area is 250 Å². The molecule has 44 heavy (non-hydrogen) atoms. The van der Waals surface area contributed by atoms with Crippen LogP contribution in [-0.4, -0.2) is 46.4 Å². The highest BCUT2D eigenvalue weighted by molar-refractivity contribution is 7.92. The minimum absolute atomic E-state index is 0.0346. The van der Waals surface area contributed by atoms with Gasteiger partial charge in [-0.25, -0.2) is 26.9 Å². The van der Waals surface area contributed by atoms with Gasteiger partial charge in [0, 0.05) is 17.0 Å². The van der Waals surface area contributed by atoms with Gasteiger partial charge in [-0.05, 0) is 73.6 Å². The zero-order valence-electron chi connectivity index (χ0n) is 23.4. The van der Waals surface area contributed by atoms with Crippen LogP contribution in [0.1, 0.15) is 52.4 Å². The Bertz CT molecular complexity index is 2000. The smallest absolute Gasteiger partial charge is 0.232 e. The van der Waals surface area contributed by atoms with E-state index in [0.717, 1.165) is 35.9 Å². The van der Waals surface area contributed by atoms with Crippen LogP contribution in [0.4, 0.5) is 24.7 Å². The number of nitrogens with one attached hydrogen (secondary N) is 2. The summed E-state index contributed by atoms with van der Waals surface area (Å²) in [5.74, 6) is -2.93. The van der Waals surface area contributed by atoms with Crippen molar-refractivity contribution in [1.29, 1.82) is 0 Å². The first-order chi connectivity index (χ1) is 21.0. The van der Waals surface area contributed by atoms with Crippen molar-refractivity contribution in [2.45, 2.75) is 32.1 Å². The molecule has 1 aliphatic rings. The molecule has 0 saturated heterocycles. The lowest BCUT2D eigenvalue weighted by Gasteiger charge is -2.12. The molecule has 5 aromatic rings. The summed E-state index contributed by atoms with van der Waals surface area (Å²) < 4.78 is 74.8. The molecule has 4 N–H and O–H groups in total. The molecule has 0 amide bonds. The zero-order chi connectivity index (χ0) is 31.2. The molecule has 0 radical (unpaired) electrons.